The summed E-state index contributed by atoms with van der Waals surface area (Å²) in [7, 11) is -3.74. The number of carbonyl (C=O) groups excluding carboxylic acids is 1. The molecule has 1 aromatic carbocycles. The van der Waals surface area contributed by atoms with Gasteiger partial charge in [-0.1, -0.05) is 23.8 Å². The molecule has 1 atom stereocenters. The van der Waals surface area contributed by atoms with E-state index in [-0.39, 0.29) is 16.2 Å². The van der Waals surface area contributed by atoms with E-state index in [1.165, 1.54) is 21.9 Å². The molecule has 28 heavy (non-hydrogen) atoms. The van der Waals surface area contributed by atoms with Gasteiger partial charge in [0.1, 0.15) is 5.37 Å². The summed E-state index contributed by atoms with van der Waals surface area (Å²) in [6, 6.07) is 15.8. The Morgan fingerprint density at radius 1 is 1.11 bits per heavy atom. The van der Waals surface area contributed by atoms with Crippen LogP contribution in [0.4, 0.5) is 0 Å². The van der Waals surface area contributed by atoms with Crippen molar-refractivity contribution in [2.75, 3.05) is 5.75 Å². The fourth-order valence-electron chi connectivity index (χ4n) is 3.15. The maximum absolute atomic E-state index is 13.2. The van der Waals surface area contributed by atoms with Gasteiger partial charge in [0, 0.05) is 12.4 Å². The number of hydrogen-bond acceptors (Lipinski definition) is 5. The van der Waals surface area contributed by atoms with Crippen molar-refractivity contribution in [2.24, 2.45) is 0 Å². The zero-order valence-corrected chi connectivity index (χ0v) is 16.9. The number of rotatable bonds is 5. The molecule has 0 bridgehead atoms. The second-order valence-electron chi connectivity index (χ2n) is 6.55. The summed E-state index contributed by atoms with van der Waals surface area (Å²) in [5.74, 6) is 0.286. The highest BCUT2D eigenvalue weighted by Crippen LogP contribution is 2.40. The second kappa shape index (κ2) is 7.44. The first-order valence-corrected chi connectivity index (χ1v) is 11.3. The predicted molar refractivity (Wildman–Crippen MR) is 108 cm³/mol. The maximum Gasteiger partial charge on any atom is 0.267 e. The number of thioether (sulfide) groups is 1. The molecule has 1 aliphatic rings. The molecule has 3 aromatic rings. The van der Waals surface area contributed by atoms with Gasteiger partial charge in [-0.05, 0) is 43.3 Å². The fourth-order valence-corrected chi connectivity index (χ4v) is 5.79. The largest absolute Gasteiger partial charge is 0.318 e. The molecule has 2 aromatic heterocycles. The summed E-state index contributed by atoms with van der Waals surface area (Å²) in [6.45, 7) is 2.25. The third kappa shape index (κ3) is 3.45. The number of benzene rings is 1. The maximum atomic E-state index is 13.2. The molecule has 3 heterocycles. The molecule has 0 saturated carbocycles. The third-order valence-corrected chi connectivity index (χ3v) is 7.54. The topological polar surface area (TPSA) is 72.3 Å². The van der Waals surface area contributed by atoms with Crippen LogP contribution in [0.2, 0.25) is 0 Å². The van der Waals surface area contributed by atoms with Gasteiger partial charge >= 0.3 is 0 Å². The Labute approximate surface area is 168 Å². The van der Waals surface area contributed by atoms with Gasteiger partial charge in [0.05, 0.1) is 28.6 Å². The van der Waals surface area contributed by atoms with Crippen LogP contribution in [0.15, 0.2) is 71.9 Å². The van der Waals surface area contributed by atoms with Crippen molar-refractivity contribution in [3.8, 4) is 0 Å². The molecule has 1 fully saturated rings. The summed E-state index contributed by atoms with van der Waals surface area (Å²) in [4.78, 5) is 18.7. The van der Waals surface area contributed by atoms with Crippen LogP contribution in [-0.2, 0) is 21.4 Å². The lowest BCUT2D eigenvalue weighted by Crippen LogP contribution is -2.30. The van der Waals surface area contributed by atoms with Crippen LogP contribution in [0.25, 0.3) is 0 Å². The Balaban J connectivity index is 1.69. The quantitative estimate of drug-likeness (QED) is 0.642. The molecule has 8 heteroatoms. The van der Waals surface area contributed by atoms with Crippen molar-refractivity contribution >= 4 is 27.7 Å². The first-order valence-electron chi connectivity index (χ1n) is 8.77. The van der Waals surface area contributed by atoms with Gasteiger partial charge in [-0.25, -0.2) is 12.4 Å². The Morgan fingerprint density at radius 2 is 1.89 bits per heavy atom. The molecule has 6 nitrogen and oxygen atoms in total. The standard InChI is InChI=1S/C20H19N3O3S2/c1-15-7-9-17(10-8-15)28(25,26)23-12-4-6-18(23)20-22(19(24)14-27-20)13-16-5-2-3-11-21-16/h2-12,20H,13-14H2,1H3. The van der Waals surface area contributed by atoms with E-state index in [0.29, 0.717) is 18.0 Å². The van der Waals surface area contributed by atoms with Gasteiger partial charge in [-0.3, -0.25) is 9.78 Å². The monoisotopic (exact) mass is 413 g/mol. The summed E-state index contributed by atoms with van der Waals surface area (Å²) in [5.41, 5.74) is 2.32. The van der Waals surface area contributed by atoms with Crippen LogP contribution in [0.5, 0.6) is 0 Å². The molecule has 1 aliphatic heterocycles. The lowest BCUT2D eigenvalue weighted by atomic mass is 10.2. The molecule has 0 radical (unpaired) electrons. The van der Waals surface area contributed by atoms with Crippen LogP contribution >= 0.6 is 11.8 Å². The molecule has 144 valence electrons. The fraction of sp³-hybridized carbons (Fsp3) is 0.200. The molecule has 4 rings (SSSR count). The van der Waals surface area contributed by atoms with Crippen molar-refractivity contribution < 1.29 is 13.2 Å². The van der Waals surface area contributed by atoms with E-state index in [1.54, 1.807) is 47.5 Å². The molecule has 1 saturated heterocycles. The van der Waals surface area contributed by atoms with Crippen molar-refractivity contribution in [2.45, 2.75) is 23.7 Å². The molecule has 0 aliphatic carbocycles. The summed E-state index contributed by atoms with van der Waals surface area (Å²) in [5, 5.41) is -0.385. The van der Waals surface area contributed by atoms with Crippen LogP contribution in [0.3, 0.4) is 0 Å². The van der Waals surface area contributed by atoms with Crippen LogP contribution in [0.1, 0.15) is 22.3 Å². The Kier molecular flexibility index (Phi) is 4.99. The van der Waals surface area contributed by atoms with E-state index in [0.717, 1.165) is 11.3 Å². The SMILES string of the molecule is Cc1ccc(S(=O)(=O)n2cccc2C2SCC(=O)N2Cc2ccccn2)cc1. The normalized spacial score (nSPS) is 17.2. The predicted octanol–water partition coefficient (Wildman–Crippen LogP) is 3.20. The first-order chi connectivity index (χ1) is 13.5. The lowest BCUT2D eigenvalue weighted by molar-refractivity contribution is -0.128. The highest BCUT2D eigenvalue weighted by atomic mass is 32.2. The van der Waals surface area contributed by atoms with Gasteiger partial charge in [0.2, 0.25) is 5.91 Å². The summed E-state index contributed by atoms with van der Waals surface area (Å²) >= 11 is 1.43. The van der Waals surface area contributed by atoms with Gasteiger partial charge in [0.15, 0.2) is 0 Å². The average molecular weight is 414 g/mol. The first kappa shape index (κ1) is 18.8. The molecule has 1 unspecified atom stereocenters. The summed E-state index contributed by atoms with van der Waals surface area (Å²) < 4.78 is 27.6. The minimum absolute atomic E-state index is 0.0267. The number of pyridine rings is 1. The van der Waals surface area contributed by atoms with E-state index in [2.05, 4.69) is 4.98 Å². The number of aromatic nitrogens is 2. The minimum Gasteiger partial charge on any atom is -0.318 e. The van der Waals surface area contributed by atoms with Gasteiger partial charge in [-0.2, -0.15) is 0 Å². The van der Waals surface area contributed by atoms with Gasteiger partial charge < -0.3 is 4.90 Å². The smallest absolute Gasteiger partial charge is 0.267 e. The Bertz CT molecular complexity index is 1090. The molecular weight excluding hydrogens is 394 g/mol. The number of nitrogens with zero attached hydrogens (tertiary/aromatic N) is 3. The highest BCUT2D eigenvalue weighted by molar-refractivity contribution is 8.00. The Morgan fingerprint density at radius 3 is 2.61 bits per heavy atom. The number of aryl methyl sites for hydroxylation is 1. The number of hydrogen-bond donors (Lipinski definition) is 0. The van der Waals surface area contributed by atoms with Crippen LogP contribution in [-0.4, -0.2) is 33.9 Å². The zero-order chi connectivity index (χ0) is 19.7. The third-order valence-electron chi connectivity index (χ3n) is 4.60. The molecular formula is C20H19N3O3S2. The van der Waals surface area contributed by atoms with E-state index in [4.69, 9.17) is 0 Å². The molecule has 0 spiro atoms. The van der Waals surface area contributed by atoms with E-state index in [1.807, 2.05) is 25.1 Å². The zero-order valence-electron chi connectivity index (χ0n) is 15.2. The highest BCUT2D eigenvalue weighted by Gasteiger charge is 2.36. The second-order valence-corrected chi connectivity index (χ2v) is 9.44. The van der Waals surface area contributed by atoms with Crippen LogP contribution in [0, 0.1) is 6.92 Å². The van der Waals surface area contributed by atoms with Crippen LogP contribution < -0.4 is 0 Å². The van der Waals surface area contributed by atoms with Crippen molar-refractivity contribution in [1.29, 1.82) is 0 Å². The summed E-state index contributed by atoms with van der Waals surface area (Å²) in [6.07, 6.45) is 3.22. The van der Waals surface area contributed by atoms with Crippen molar-refractivity contribution in [3.63, 3.8) is 0 Å². The number of carbonyl (C=O) groups is 1. The van der Waals surface area contributed by atoms with Gasteiger partial charge in [-0.15, -0.1) is 11.8 Å². The average Bonchev–Trinajstić information content (AvgIpc) is 3.31. The van der Waals surface area contributed by atoms with E-state index >= 15 is 0 Å². The molecule has 1 amide bonds. The van der Waals surface area contributed by atoms with Gasteiger partial charge in [0.25, 0.3) is 10.0 Å². The molecule has 0 N–H and O–H groups in total. The number of amides is 1. The van der Waals surface area contributed by atoms with E-state index in [9.17, 15) is 13.2 Å². The lowest BCUT2D eigenvalue weighted by Gasteiger charge is -2.25. The Hall–Kier alpha value is -2.58. The van der Waals surface area contributed by atoms with Crippen molar-refractivity contribution in [1.82, 2.24) is 13.9 Å². The van der Waals surface area contributed by atoms with Crippen molar-refractivity contribution in [3.05, 3.63) is 83.9 Å². The minimum atomic E-state index is -3.74. The van der Waals surface area contributed by atoms with E-state index < -0.39 is 10.0 Å².